The van der Waals surface area contributed by atoms with Crippen molar-refractivity contribution < 1.29 is 0 Å². The van der Waals surface area contributed by atoms with E-state index in [0.717, 1.165) is 0 Å². The second-order valence-corrected chi connectivity index (χ2v) is 5.99. The summed E-state index contributed by atoms with van der Waals surface area (Å²) in [7, 11) is 0. The molecule has 18 heavy (non-hydrogen) atoms. The maximum Gasteiger partial charge on any atom is 0.185 e. The summed E-state index contributed by atoms with van der Waals surface area (Å²) in [5.74, 6) is 0.608. The highest BCUT2D eigenvalue weighted by Gasteiger charge is 2.23. The Morgan fingerprint density at radius 1 is 1.50 bits per heavy atom. The molecule has 1 fully saturated rings. The number of rotatable bonds is 4. The molecule has 1 aromatic rings. The van der Waals surface area contributed by atoms with E-state index in [1.54, 1.807) is 0 Å². The standard InChI is InChI=1S/C12H17ClN4S/c13-11-10(7-15)18-12(17-11)16-9(6-14)8-4-2-1-3-5-8/h8-9H,1-6,14H2,(H,16,17). The number of hydrogen-bond acceptors (Lipinski definition) is 5. The first kappa shape index (κ1) is 13.6. The van der Waals surface area contributed by atoms with Gasteiger partial charge in [0.2, 0.25) is 0 Å². The molecule has 1 aliphatic rings. The van der Waals surface area contributed by atoms with E-state index in [-0.39, 0.29) is 11.2 Å². The van der Waals surface area contributed by atoms with Gasteiger partial charge < -0.3 is 11.1 Å². The van der Waals surface area contributed by atoms with Crippen LogP contribution >= 0.6 is 22.9 Å². The molecule has 4 nitrogen and oxygen atoms in total. The van der Waals surface area contributed by atoms with Gasteiger partial charge in [0.05, 0.1) is 0 Å². The highest BCUT2D eigenvalue weighted by Crippen LogP contribution is 2.31. The molecule has 0 amide bonds. The van der Waals surface area contributed by atoms with Crippen LogP contribution in [0.25, 0.3) is 0 Å². The molecule has 1 atom stereocenters. The Balaban J connectivity index is 2.02. The average Bonchev–Trinajstić information content (AvgIpc) is 2.77. The smallest absolute Gasteiger partial charge is 0.185 e. The number of halogens is 1. The zero-order valence-corrected chi connectivity index (χ0v) is 11.7. The number of hydrogen-bond donors (Lipinski definition) is 2. The van der Waals surface area contributed by atoms with E-state index >= 15 is 0 Å². The maximum absolute atomic E-state index is 8.86. The quantitative estimate of drug-likeness (QED) is 0.891. The highest BCUT2D eigenvalue weighted by molar-refractivity contribution is 7.16. The van der Waals surface area contributed by atoms with Crippen LogP contribution < -0.4 is 11.1 Å². The molecule has 1 saturated carbocycles. The van der Waals surface area contributed by atoms with Crippen molar-refractivity contribution in [2.24, 2.45) is 11.7 Å². The summed E-state index contributed by atoms with van der Waals surface area (Å²) in [5, 5.41) is 13.2. The molecule has 0 radical (unpaired) electrons. The van der Waals surface area contributed by atoms with Crippen LogP contribution in [-0.2, 0) is 0 Å². The van der Waals surface area contributed by atoms with E-state index in [1.165, 1.54) is 43.4 Å². The fourth-order valence-corrected chi connectivity index (χ4v) is 3.51. The first-order chi connectivity index (χ1) is 8.74. The summed E-state index contributed by atoms with van der Waals surface area (Å²) in [6.45, 7) is 0.587. The molecular weight excluding hydrogens is 268 g/mol. The third-order valence-corrected chi connectivity index (χ3v) is 4.75. The molecule has 98 valence electrons. The normalized spacial score (nSPS) is 18.3. The topological polar surface area (TPSA) is 74.7 Å². The highest BCUT2D eigenvalue weighted by atomic mass is 35.5. The Labute approximate surface area is 116 Å². The lowest BCUT2D eigenvalue weighted by atomic mass is 9.84. The van der Waals surface area contributed by atoms with E-state index in [4.69, 9.17) is 22.6 Å². The van der Waals surface area contributed by atoms with Crippen molar-refractivity contribution in [3.8, 4) is 6.07 Å². The first-order valence-electron chi connectivity index (χ1n) is 6.27. The van der Waals surface area contributed by atoms with E-state index in [9.17, 15) is 0 Å². The number of nitriles is 1. The molecule has 1 aliphatic carbocycles. The lowest BCUT2D eigenvalue weighted by Crippen LogP contribution is -2.37. The fraction of sp³-hybridized carbons (Fsp3) is 0.667. The number of nitrogens with two attached hydrogens (primary N) is 1. The molecule has 0 aromatic carbocycles. The van der Waals surface area contributed by atoms with Crippen molar-refractivity contribution >= 4 is 28.1 Å². The predicted octanol–water partition coefficient (Wildman–Crippen LogP) is 2.99. The number of aromatic nitrogens is 1. The summed E-state index contributed by atoms with van der Waals surface area (Å²) >= 11 is 7.16. The van der Waals surface area contributed by atoms with Gasteiger partial charge in [0.1, 0.15) is 10.9 Å². The van der Waals surface area contributed by atoms with Gasteiger partial charge >= 0.3 is 0 Å². The van der Waals surface area contributed by atoms with Gasteiger partial charge in [-0.2, -0.15) is 5.26 Å². The SMILES string of the molecule is N#Cc1sc(NC(CN)C2CCCCC2)nc1Cl. The second-order valence-electron chi connectivity index (χ2n) is 4.64. The van der Waals surface area contributed by atoms with Crippen molar-refractivity contribution in [1.29, 1.82) is 5.26 Å². The first-order valence-corrected chi connectivity index (χ1v) is 7.47. The zero-order chi connectivity index (χ0) is 13.0. The van der Waals surface area contributed by atoms with Gasteiger partial charge in [0, 0.05) is 12.6 Å². The molecule has 0 saturated heterocycles. The van der Waals surface area contributed by atoms with Gasteiger partial charge in [-0.25, -0.2) is 4.98 Å². The Bertz CT molecular complexity index is 434. The minimum atomic E-state index is 0.235. The van der Waals surface area contributed by atoms with Crippen molar-refractivity contribution in [2.45, 2.75) is 38.1 Å². The van der Waals surface area contributed by atoms with Gasteiger partial charge in [0.15, 0.2) is 10.3 Å². The summed E-state index contributed by atoms with van der Waals surface area (Å²) in [6.07, 6.45) is 6.34. The Hall–Kier alpha value is -0.830. The van der Waals surface area contributed by atoms with Crippen LogP contribution in [0.15, 0.2) is 0 Å². The number of thiazole rings is 1. The third-order valence-electron chi connectivity index (χ3n) is 3.47. The van der Waals surface area contributed by atoms with Gasteiger partial charge in [-0.3, -0.25) is 0 Å². The average molecular weight is 285 g/mol. The summed E-state index contributed by atoms with van der Waals surface area (Å²) in [4.78, 5) is 4.62. The second kappa shape index (κ2) is 6.37. The lowest BCUT2D eigenvalue weighted by Gasteiger charge is -2.29. The summed E-state index contributed by atoms with van der Waals surface area (Å²) < 4.78 is 0. The number of nitrogens with zero attached hydrogens (tertiary/aromatic N) is 2. The maximum atomic E-state index is 8.86. The lowest BCUT2D eigenvalue weighted by molar-refractivity contribution is 0.320. The van der Waals surface area contributed by atoms with Crippen LogP contribution in [0.3, 0.4) is 0 Å². The van der Waals surface area contributed by atoms with Gasteiger partial charge in [-0.1, -0.05) is 42.2 Å². The molecule has 0 aliphatic heterocycles. The molecule has 2 rings (SSSR count). The molecule has 1 heterocycles. The molecule has 6 heteroatoms. The minimum absolute atomic E-state index is 0.235. The van der Waals surface area contributed by atoms with Crippen LogP contribution in [0.2, 0.25) is 5.15 Å². The van der Waals surface area contributed by atoms with Crippen LogP contribution in [-0.4, -0.2) is 17.6 Å². The van der Waals surface area contributed by atoms with E-state index in [1.807, 2.05) is 6.07 Å². The molecule has 1 unspecified atom stereocenters. The van der Waals surface area contributed by atoms with Gasteiger partial charge in [-0.15, -0.1) is 0 Å². The third kappa shape index (κ3) is 3.14. The van der Waals surface area contributed by atoms with E-state index < -0.39 is 0 Å². The molecule has 3 N–H and O–H groups in total. The van der Waals surface area contributed by atoms with Crippen LogP contribution in [0.5, 0.6) is 0 Å². The number of nitrogens with one attached hydrogen (secondary N) is 1. The fourth-order valence-electron chi connectivity index (χ4n) is 2.50. The molecular formula is C12H17ClN4S. The van der Waals surface area contributed by atoms with E-state index in [2.05, 4.69) is 10.3 Å². The van der Waals surface area contributed by atoms with Crippen molar-refractivity contribution in [2.75, 3.05) is 11.9 Å². The summed E-state index contributed by atoms with van der Waals surface area (Å²) in [5.41, 5.74) is 5.85. The Kier molecular flexibility index (Phi) is 4.81. The molecule has 0 bridgehead atoms. The minimum Gasteiger partial charge on any atom is -0.357 e. The van der Waals surface area contributed by atoms with Crippen LogP contribution in [0, 0.1) is 17.2 Å². The molecule has 0 spiro atoms. The van der Waals surface area contributed by atoms with Gasteiger partial charge in [-0.05, 0) is 18.8 Å². The van der Waals surface area contributed by atoms with Crippen LogP contribution in [0.1, 0.15) is 37.0 Å². The summed E-state index contributed by atoms with van der Waals surface area (Å²) in [6, 6.07) is 2.27. The zero-order valence-electron chi connectivity index (χ0n) is 10.2. The van der Waals surface area contributed by atoms with Gasteiger partial charge in [0.25, 0.3) is 0 Å². The van der Waals surface area contributed by atoms with Crippen molar-refractivity contribution in [1.82, 2.24) is 4.98 Å². The van der Waals surface area contributed by atoms with E-state index in [0.29, 0.717) is 22.5 Å². The largest absolute Gasteiger partial charge is 0.357 e. The number of anilines is 1. The molecule has 1 aromatic heterocycles. The Morgan fingerprint density at radius 3 is 2.78 bits per heavy atom. The van der Waals surface area contributed by atoms with Crippen LogP contribution in [0.4, 0.5) is 5.13 Å². The van der Waals surface area contributed by atoms with Crippen molar-refractivity contribution in [3.63, 3.8) is 0 Å². The monoisotopic (exact) mass is 284 g/mol. The Morgan fingerprint density at radius 2 is 2.22 bits per heavy atom. The van der Waals surface area contributed by atoms with Crippen molar-refractivity contribution in [3.05, 3.63) is 10.0 Å². The predicted molar refractivity (Wildman–Crippen MR) is 74.9 cm³/mol.